The normalized spacial score (nSPS) is 14.3. The van der Waals surface area contributed by atoms with Crippen molar-refractivity contribution >= 4 is 70.0 Å². The molecule has 0 aliphatic carbocycles. The smallest absolute Gasteiger partial charge is 0.243 e. The molecule has 0 saturated heterocycles. The van der Waals surface area contributed by atoms with E-state index in [1.165, 1.54) is 19.4 Å². The number of aromatic amines is 2. The number of carbonyl (C=O) groups excluding carboxylic acids is 10. The zero-order valence-corrected chi connectivity index (χ0v) is 45.2. The molecule has 4 rings (SSSR count). The van der Waals surface area contributed by atoms with E-state index in [0.717, 1.165) is 22.9 Å². The number of nitrogens with one attached hydrogen (secondary N) is 10. The summed E-state index contributed by atoms with van der Waals surface area (Å²) in [5.74, 6) is -7.57. The van der Waals surface area contributed by atoms with Gasteiger partial charge in [0, 0.05) is 61.2 Å². The Bertz CT molecular complexity index is 2660. The third-order valence-electron chi connectivity index (χ3n) is 12.8. The van der Waals surface area contributed by atoms with Crippen molar-refractivity contribution in [3.63, 3.8) is 0 Å². The van der Waals surface area contributed by atoms with Gasteiger partial charge < -0.3 is 69.7 Å². The van der Waals surface area contributed by atoms with Crippen LogP contribution in [0.1, 0.15) is 103 Å². The number of rotatable bonds is 33. The minimum atomic E-state index is -1.34. The first kappa shape index (κ1) is 62.4. The van der Waals surface area contributed by atoms with Gasteiger partial charge in [-0.15, -0.1) is 0 Å². The molecule has 0 aliphatic heterocycles. The molecular formula is C54H78N14O10. The molecule has 78 heavy (non-hydrogen) atoms. The Labute approximate surface area is 453 Å². The van der Waals surface area contributed by atoms with Crippen LogP contribution in [0, 0.1) is 11.8 Å². The van der Waals surface area contributed by atoms with Crippen LogP contribution in [-0.4, -0.2) is 129 Å². The highest BCUT2D eigenvalue weighted by atomic mass is 16.2. The largest absolute Gasteiger partial charge is 0.370 e. The minimum absolute atomic E-state index is 0.0346. The van der Waals surface area contributed by atoms with Gasteiger partial charge in [-0.3, -0.25) is 47.9 Å². The highest BCUT2D eigenvalue weighted by Crippen LogP contribution is 2.20. The van der Waals surface area contributed by atoms with Crippen molar-refractivity contribution in [2.24, 2.45) is 29.0 Å². The van der Waals surface area contributed by atoms with Gasteiger partial charge in [0.1, 0.15) is 42.3 Å². The molecule has 10 amide bonds. The van der Waals surface area contributed by atoms with Crippen molar-refractivity contribution in [1.29, 1.82) is 0 Å². The van der Waals surface area contributed by atoms with Crippen molar-refractivity contribution in [1.82, 2.24) is 57.5 Å². The summed E-state index contributed by atoms with van der Waals surface area (Å²) in [5.41, 5.74) is 19.9. The number of unbranched alkanes of at least 4 members (excludes halogenated alkanes) is 1. The molecule has 24 nitrogen and oxygen atoms in total. The van der Waals surface area contributed by atoms with Gasteiger partial charge in [0.15, 0.2) is 0 Å². The van der Waals surface area contributed by atoms with E-state index >= 15 is 0 Å². The fraction of sp³-hybridized carbons (Fsp3) is 0.500. The van der Waals surface area contributed by atoms with E-state index in [1.807, 2.05) is 45.0 Å². The van der Waals surface area contributed by atoms with E-state index in [1.54, 1.807) is 50.4 Å². The monoisotopic (exact) mass is 1080 g/mol. The lowest BCUT2D eigenvalue weighted by Crippen LogP contribution is -2.59. The molecule has 8 unspecified atom stereocenters. The van der Waals surface area contributed by atoms with E-state index in [-0.39, 0.29) is 57.4 Å². The second-order valence-electron chi connectivity index (χ2n) is 20.2. The topological polar surface area (TPSA) is 389 Å². The maximum absolute atomic E-state index is 14.2. The standard InChI is InChI=1S/C54H78N14O10/c1-7-8-17-39(47(57)71)64-52(76)41(23-30(2)3)66-53(77)43(26-35-28-58-29-61-35)63-45(70)21-22-59-54(78)46(31(4)5)68-48(72)32(6)62-51(75)42(25-34-27-60-38-18-13-12-16-36(34)38)67-50(74)40(19-20-44(56)69)65-49(73)37(55)24-33-14-10-9-11-15-33/h9-16,18,27-32,37,39-43,46,60H,7-8,17,19-26,55H2,1-6H3,(H2,56,69)(H2,57,71)(H,58,61)(H,59,78)(H,62,75)(H,63,70)(H,64,76)(H,65,73)(H,66,77)(H,67,74)(H,68,72). The quantitative estimate of drug-likeness (QED) is 0.0295. The Morgan fingerprint density at radius 3 is 1.86 bits per heavy atom. The summed E-state index contributed by atoms with van der Waals surface area (Å²) in [5, 5.41) is 22.1. The number of nitrogens with zero attached hydrogens (tertiary/aromatic N) is 1. The van der Waals surface area contributed by atoms with Crippen LogP contribution < -0.4 is 59.7 Å². The number of nitrogens with two attached hydrogens (primary N) is 3. The second kappa shape index (κ2) is 31.2. The highest BCUT2D eigenvalue weighted by molar-refractivity contribution is 5.97. The lowest BCUT2D eigenvalue weighted by Gasteiger charge is -2.26. The number of benzene rings is 2. The molecule has 4 aromatic rings. The SMILES string of the molecule is CCCCC(NC(=O)C(CC(C)C)NC(=O)C(Cc1cnc[nH]1)NC(=O)CCNC(=O)C(NC(=O)C(C)NC(=O)C(Cc1c[nH]c2ccccc12)NC(=O)C(CCC(N)=O)NC(=O)C(N)Cc1ccccc1)C(C)C)C(N)=O. The van der Waals surface area contributed by atoms with Gasteiger partial charge in [-0.05, 0) is 61.6 Å². The Hall–Kier alpha value is -8.15. The molecule has 0 fully saturated rings. The number of imidazole rings is 1. The fourth-order valence-electron chi connectivity index (χ4n) is 8.43. The molecule has 0 aliphatic rings. The maximum atomic E-state index is 14.2. The molecule has 424 valence electrons. The average Bonchev–Trinajstić information content (AvgIpc) is 4.07. The Morgan fingerprint density at radius 1 is 0.603 bits per heavy atom. The van der Waals surface area contributed by atoms with Crippen molar-refractivity contribution in [2.45, 2.75) is 154 Å². The summed E-state index contributed by atoms with van der Waals surface area (Å²) in [4.78, 5) is 144. The van der Waals surface area contributed by atoms with Gasteiger partial charge in [-0.25, -0.2) is 4.98 Å². The summed E-state index contributed by atoms with van der Waals surface area (Å²) >= 11 is 0. The lowest BCUT2D eigenvalue weighted by molar-refractivity contribution is -0.135. The Kier molecular flexibility index (Phi) is 24.9. The van der Waals surface area contributed by atoms with E-state index in [9.17, 15) is 47.9 Å². The predicted octanol–water partition coefficient (Wildman–Crippen LogP) is -0.191. The van der Waals surface area contributed by atoms with Crippen LogP contribution in [-0.2, 0) is 67.2 Å². The van der Waals surface area contributed by atoms with Crippen LogP contribution in [0.3, 0.4) is 0 Å². The summed E-state index contributed by atoms with van der Waals surface area (Å²) in [6.07, 6.45) is 5.77. The molecule has 16 N–H and O–H groups in total. The summed E-state index contributed by atoms with van der Waals surface area (Å²) in [6, 6.07) is 6.93. The molecule has 2 heterocycles. The number of hydrogen-bond acceptors (Lipinski definition) is 12. The average molecular weight is 1080 g/mol. The fourth-order valence-corrected chi connectivity index (χ4v) is 8.43. The predicted molar refractivity (Wildman–Crippen MR) is 291 cm³/mol. The molecular weight excluding hydrogens is 1000 g/mol. The molecule has 2 aromatic carbocycles. The van der Waals surface area contributed by atoms with Crippen molar-refractivity contribution in [2.75, 3.05) is 6.54 Å². The first-order chi connectivity index (χ1) is 37.1. The highest BCUT2D eigenvalue weighted by Gasteiger charge is 2.34. The summed E-state index contributed by atoms with van der Waals surface area (Å²) in [7, 11) is 0. The Morgan fingerprint density at radius 2 is 1.22 bits per heavy atom. The van der Waals surface area contributed by atoms with Gasteiger partial charge >= 0.3 is 0 Å². The van der Waals surface area contributed by atoms with Crippen molar-refractivity contribution in [3.8, 4) is 0 Å². The van der Waals surface area contributed by atoms with Gasteiger partial charge in [0.2, 0.25) is 59.1 Å². The molecule has 2 aromatic heterocycles. The number of aromatic nitrogens is 3. The number of primary amides is 2. The summed E-state index contributed by atoms with van der Waals surface area (Å²) in [6.45, 7) is 10.2. The molecule has 8 atom stereocenters. The first-order valence-corrected chi connectivity index (χ1v) is 26.3. The molecule has 0 bridgehead atoms. The van der Waals surface area contributed by atoms with E-state index in [4.69, 9.17) is 17.2 Å². The van der Waals surface area contributed by atoms with Crippen LogP contribution in [0.2, 0.25) is 0 Å². The van der Waals surface area contributed by atoms with Crippen molar-refractivity contribution < 1.29 is 47.9 Å². The number of para-hydroxylation sites is 1. The van der Waals surface area contributed by atoms with Crippen molar-refractivity contribution in [3.05, 3.63) is 90.1 Å². The number of hydrogen-bond donors (Lipinski definition) is 13. The van der Waals surface area contributed by atoms with Crippen LogP contribution in [0.25, 0.3) is 10.9 Å². The zero-order chi connectivity index (χ0) is 57.5. The zero-order valence-electron chi connectivity index (χ0n) is 45.2. The maximum Gasteiger partial charge on any atom is 0.243 e. The number of H-pyrrole nitrogens is 2. The van der Waals surface area contributed by atoms with Crippen LogP contribution in [0.5, 0.6) is 0 Å². The van der Waals surface area contributed by atoms with Gasteiger partial charge in [-0.2, -0.15) is 0 Å². The van der Waals surface area contributed by atoms with Gasteiger partial charge in [-0.1, -0.05) is 96.0 Å². The van der Waals surface area contributed by atoms with E-state index < -0.39 is 113 Å². The van der Waals surface area contributed by atoms with E-state index in [2.05, 4.69) is 57.5 Å². The molecule has 0 saturated carbocycles. The lowest BCUT2D eigenvalue weighted by atomic mass is 10.0. The van der Waals surface area contributed by atoms with Gasteiger partial charge in [0.25, 0.3) is 0 Å². The molecule has 0 radical (unpaired) electrons. The minimum Gasteiger partial charge on any atom is -0.370 e. The second-order valence-corrected chi connectivity index (χ2v) is 20.2. The first-order valence-electron chi connectivity index (χ1n) is 26.3. The molecule has 0 spiro atoms. The van der Waals surface area contributed by atoms with E-state index in [0.29, 0.717) is 24.1 Å². The van der Waals surface area contributed by atoms with Crippen LogP contribution in [0.4, 0.5) is 0 Å². The number of fused-ring (bicyclic) bond motifs is 1. The van der Waals surface area contributed by atoms with Gasteiger partial charge in [0.05, 0.1) is 12.4 Å². The molecule has 24 heteroatoms. The third-order valence-corrected chi connectivity index (χ3v) is 12.8. The van der Waals surface area contributed by atoms with Crippen LogP contribution in [0.15, 0.2) is 73.3 Å². The van der Waals surface area contributed by atoms with Crippen LogP contribution >= 0.6 is 0 Å². The Balaban J connectivity index is 1.41. The number of amides is 10. The third kappa shape index (κ3) is 20.4. The number of carbonyl (C=O) groups is 10. The summed E-state index contributed by atoms with van der Waals surface area (Å²) < 4.78 is 0.